The van der Waals surface area contributed by atoms with Crippen LogP contribution in [0.25, 0.3) is 11.3 Å². The lowest BCUT2D eigenvalue weighted by Gasteiger charge is -2.09. The summed E-state index contributed by atoms with van der Waals surface area (Å²) in [5, 5.41) is 25.4. The van der Waals surface area contributed by atoms with Crippen LogP contribution < -0.4 is 4.74 Å². The van der Waals surface area contributed by atoms with E-state index < -0.39 is 0 Å². The average molecular weight is 366 g/mol. The molecular weight excluding hydrogens is 340 g/mol. The SMILES string of the molecule is CCCCCc1cc(O)c(-c2ccn(Cc3cccc(OC)c3)n2)c(O)c1. The van der Waals surface area contributed by atoms with Crippen molar-refractivity contribution in [3.05, 3.63) is 59.8 Å². The standard InChI is InChI=1S/C22H26N2O3/c1-3-4-5-7-16-13-20(25)22(21(26)14-16)19-10-11-24(23-19)15-17-8-6-9-18(12-17)27-2/h6,8-14,25-26H,3-5,7,15H2,1-2H3. The molecule has 0 amide bonds. The van der Waals surface area contributed by atoms with Crippen molar-refractivity contribution in [2.24, 2.45) is 0 Å². The van der Waals surface area contributed by atoms with E-state index >= 15 is 0 Å². The molecule has 0 aliphatic rings. The summed E-state index contributed by atoms with van der Waals surface area (Å²) in [5.41, 5.74) is 2.92. The van der Waals surface area contributed by atoms with Crippen molar-refractivity contribution in [1.29, 1.82) is 0 Å². The topological polar surface area (TPSA) is 67.5 Å². The van der Waals surface area contributed by atoms with Crippen molar-refractivity contribution < 1.29 is 14.9 Å². The summed E-state index contributed by atoms with van der Waals surface area (Å²) in [6.45, 7) is 2.73. The fourth-order valence-electron chi connectivity index (χ4n) is 3.20. The third kappa shape index (κ3) is 4.61. The molecule has 1 heterocycles. The highest BCUT2D eigenvalue weighted by Gasteiger charge is 2.15. The van der Waals surface area contributed by atoms with Crippen LogP contribution in [0.15, 0.2) is 48.7 Å². The monoisotopic (exact) mass is 366 g/mol. The minimum Gasteiger partial charge on any atom is -0.507 e. The highest BCUT2D eigenvalue weighted by molar-refractivity contribution is 5.74. The zero-order valence-electron chi connectivity index (χ0n) is 15.9. The molecule has 0 fully saturated rings. The van der Waals surface area contributed by atoms with E-state index in [4.69, 9.17) is 4.74 Å². The number of nitrogens with zero attached hydrogens (tertiary/aromatic N) is 2. The summed E-state index contributed by atoms with van der Waals surface area (Å²) in [5.74, 6) is 0.926. The van der Waals surface area contributed by atoms with E-state index in [-0.39, 0.29) is 11.5 Å². The van der Waals surface area contributed by atoms with E-state index in [0.29, 0.717) is 17.8 Å². The van der Waals surface area contributed by atoms with Crippen molar-refractivity contribution in [2.75, 3.05) is 7.11 Å². The number of unbranched alkanes of at least 4 members (excludes halogenated alkanes) is 2. The predicted octanol–water partition coefficient (Wildman–Crippen LogP) is 4.75. The van der Waals surface area contributed by atoms with Crippen LogP contribution in [0.3, 0.4) is 0 Å². The van der Waals surface area contributed by atoms with Gasteiger partial charge in [0, 0.05) is 6.20 Å². The molecule has 0 bridgehead atoms. The van der Waals surface area contributed by atoms with Crippen LogP contribution in [-0.4, -0.2) is 27.1 Å². The van der Waals surface area contributed by atoms with Gasteiger partial charge >= 0.3 is 0 Å². The van der Waals surface area contributed by atoms with Gasteiger partial charge in [-0.15, -0.1) is 0 Å². The van der Waals surface area contributed by atoms with E-state index in [9.17, 15) is 10.2 Å². The molecule has 0 saturated carbocycles. The van der Waals surface area contributed by atoms with Crippen molar-refractivity contribution in [1.82, 2.24) is 9.78 Å². The van der Waals surface area contributed by atoms with Gasteiger partial charge in [-0.25, -0.2) is 0 Å². The molecule has 0 saturated heterocycles. The molecule has 0 unspecified atom stereocenters. The second-order valence-electron chi connectivity index (χ2n) is 6.72. The maximum absolute atomic E-state index is 10.4. The van der Waals surface area contributed by atoms with Gasteiger partial charge in [0.25, 0.3) is 0 Å². The summed E-state index contributed by atoms with van der Waals surface area (Å²) in [4.78, 5) is 0. The summed E-state index contributed by atoms with van der Waals surface area (Å²) in [7, 11) is 1.64. The molecule has 5 heteroatoms. The average Bonchev–Trinajstić information content (AvgIpc) is 3.09. The Kier molecular flexibility index (Phi) is 6.01. The van der Waals surface area contributed by atoms with Crippen LogP contribution in [-0.2, 0) is 13.0 Å². The van der Waals surface area contributed by atoms with Gasteiger partial charge in [-0.05, 0) is 54.3 Å². The van der Waals surface area contributed by atoms with Crippen molar-refractivity contribution in [3.63, 3.8) is 0 Å². The number of hydrogen-bond acceptors (Lipinski definition) is 4. The van der Waals surface area contributed by atoms with Crippen LogP contribution >= 0.6 is 0 Å². The zero-order valence-corrected chi connectivity index (χ0v) is 15.9. The number of benzene rings is 2. The number of rotatable bonds is 8. The molecule has 2 N–H and O–H groups in total. The maximum atomic E-state index is 10.4. The molecule has 1 aromatic heterocycles. The van der Waals surface area contributed by atoms with E-state index in [1.54, 1.807) is 30.0 Å². The first kappa shape index (κ1) is 18.8. The fraction of sp³-hybridized carbons (Fsp3) is 0.318. The number of aromatic nitrogens is 2. The fourth-order valence-corrected chi connectivity index (χ4v) is 3.20. The number of ether oxygens (including phenoxy) is 1. The molecule has 27 heavy (non-hydrogen) atoms. The highest BCUT2D eigenvalue weighted by Crippen LogP contribution is 2.37. The molecule has 0 aliphatic heterocycles. The van der Waals surface area contributed by atoms with Crippen molar-refractivity contribution in [2.45, 2.75) is 39.2 Å². The highest BCUT2D eigenvalue weighted by atomic mass is 16.5. The molecular formula is C22H26N2O3. The lowest BCUT2D eigenvalue weighted by atomic mass is 10.0. The molecule has 0 atom stereocenters. The smallest absolute Gasteiger partial charge is 0.129 e. The molecule has 142 valence electrons. The van der Waals surface area contributed by atoms with Crippen molar-refractivity contribution in [3.8, 4) is 28.5 Å². The number of phenols is 2. The third-order valence-corrected chi connectivity index (χ3v) is 4.60. The van der Waals surface area contributed by atoms with Gasteiger partial charge in [0.05, 0.1) is 24.9 Å². The lowest BCUT2D eigenvalue weighted by Crippen LogP contribution is -2.00. The van der Waals surface area contributed by atoms with Gasteiger partial charge in [0.15, 0.2) is 0 Å². The summed E-state index contributed by atoms with van der Waals surface area (Å²) < 4.78 is 7.02. The first-order valence-electron chi connectivity index (χ1n) is 9.32. The number of aryl methyl sites for hydroxylation is 1. The van der Waals surface area contributed by atoms with Crippen LogP contribution in [0.1, 0.15) is 37.3 Å². The molecule has 3 rings (SSSR count). The van der Waals surface area contributed by atoms with Gasteiger partial charge in [-0.2, -0.15) is 5.10 Å². The second kappa shape index (κ2) is 8.62. The van der Waals surface area contributed by atoms with Gasteiger partial charge in [0.1, 0.15) is 17.2 Å². The van der Waals surface area contributed by atoms with Crippen molar-refractivity contribution >= 4 is 0 Å². The van der Waals surface area contributed by atoms with E-state index in [2.05, 4.69) is 12.0 Å². The van der Waals surface area contributed by atoms with E-state index in [0.717, 1.165) is 42.6 Å². The third-order valence-electron chi connectivity index (χ3n) is 4.60. The molecule has 0 radical (unpaired) electrons. The quantitative estimate of drug-likeness (QED) is 0.565. The molecule has 5 nitrogen and oxygen atoms in total. The Hall–Kier alpha value is -2.95. The van der Waals surface area contributed by atoms with Crippen LogP contribution in [0.5, 0.6) is 17.2 Å². The largest absolute Gasteiger partial charge is 0.507 e. The van der Waals surface area contributed by atoms with Gasteiger partial charge < -0.3 is 14.9 Å². The minimum atomic E-state index is 0.0631. The number of hydrogen-bond donors (Lipinski definition) is 2. The Morgan fingerprint density at radius 1 is 1.00 bits per heavy atom. The Morgan fingerprint density at radius 2 is 1.78 bits per heavy atom. The zero-order chi connectivity index (χ0) is 19.2. The number of phenolic OH excluding ortho intramolecular Hbond substituents is 2. The molecule has 0 spiro atoms. The number of methoxy groups -OCH3 is 1. The first-order chi connectivity index (χ1) is 13.1. The van der Waals surface area contributed by atoms with E-state index in [1.807, 2.05) is 30.5 Å². The predicted molar refractivity (Wildman–Crippen MR) is 106 cm³/mol. The summed E-state index contributed by atoms with van der Waals surface area (Å²) >= 11 is 0. The first-order valence-corrected chi connectivity index (χ1v) is 9.32. The minimum absolute atomic E-state index is 0.0631. The van der Waals surface area contributed by atoms with Gasteiger partial charge in [-0.1, -0.05) is 31.9 Å². The normalized spacial score (nSPS) is 10.9. The van der Waals surface area contributed by atoms with Gasteiger partial charge in [0.2, 0.25) is 0 Å². The van der Waals surface area contributed by atoms with Crippen LogP contribution in [0, 0.1) is 0 Å². The molecule has 0 aliphatic carbocycles. The van der Waals surface area contributed by atoms with E-state index in [1.165, 1.54) is 0 Å². The Balaban J connectivity index is 1.79. The summed E-state index contributed by atoms with van der Waals surface area (Å²) in [6, 6.07) is 13.1. The summed E-state index contributed by atoms with van der Waals surface area (Å²) in [6.07, 6.45) is 6.00. The molecule has 2 aromatic carbocycles. The second-order valence-corrected chi connectivity index (χ2v) is 6.72. The van der Waals surface area contributed by atoms with Crippen LogP contribution in [0.2, 0.25) is 0 Å². The Labute approximate surface area is 159 Å². The Morgan fingerprint density at radius 3 is 2.48 bits per heavy atom. The Bertz CT molecular complexity index is 879. The van der Waals surface area contributed by atoms with Crippen LogP contribution in [0.4, 0.5) is 0 Å². The van der Waals surface area contributed by atoms with Gasteiger partial charge in [-0.3, -0.25) is 4.68 Å². The number of aromatic hydroxyl groups is 2. The lowest BCUT2D eigenvalue weighted by molar-refractivity contribution is 0.414. The maximum Gasteiger partial charge on any atom is 0.129 e. The molecule has 3 aromatic rings.